The van der Waals surface area contributed by atoms with Crippen molar-refractivity contribution in [3.05, 3.63) is 34.9 Å². The average Bonchev–Trinajstić information content (AvgIpc) is 2.36. The van der Waals surface area contributed by atoms with Crippen LogP contribution in [0.5, 0.6) is 0 Å². The predicted molar refractivity (Wildman–Crippen MR) is 70.9 cm³/mol. The molecule has 1 heterocycles. The molecule has 1 atom stereocenters. The van der Waals surface area contributed by atoms with E-state index in [1.807, 2.05) is 32.0 Å². The summed E-state index contributed by atoms with van der Waals surface area (Å²) in [4.78, 5) is 24.9. The fourth-order valence-electron chi connectivity index (χ4n) is 2.38. The Hall–Kier alpha value is -1.88. The van der Waals surface area contributed by atoms with Gasteiger partial charge >= 0.3 is 5.97 Å². The molecular formula is C14H18N2O3. The lowest BCUT2D eigenvalue weighted by atomic mass is 9.97. The van der Waals surface area contributed by atoms with Crippen LogP contribution in [0.4, 0.5) is 0 Å². The van der Waals surface area contributed by atoms with E-state index in [1.165, 1.54) is 4.90 Å². The highest BCUT2D eigenvalue weighted by Gasteiger charge is 2.33. The SMILES string of the molecule is Cc1ccc(C)c(C(C(=O)O)N2CCNCC2=O)c1. The summed E-state index contributed by atoms with van der Waals surface area (Å²) in [6, 6.07) is 4.79. The lowest BCUT2D eigenvalue weighted by Gasteiger charge is -2.33. The van der Waals surface area contributed by atoms with E-state index in [4.69, 9.17) is 0 Å². The summed E-state index contributed by atoms with van der Waals surface area (Å²) in [5.74, 6) is -1.15. The zero-order chi connectivity index (χ0) is 14.0. The number of carbonyl (C=O) groups is 2. The van der Waals surface area contributed by atoms with Crippen molar-refractivity contribution in [3.63, 3.8) is 0 Å². The van der Waals surface area contributed by atoms with Gasteiger partial charge in [-0.05, 0) is 25.0 Å². The third-order valence-electron chi connectivity index (χ3n) is 3.40. The first-order valence-electron chi connectivity index (χ1n) is 6.31. The predicted octanol–water partition coefficient (Wildman–Crippen LogP) is 0.861. The minimum absolute atomic E-state index is 0.167. The van der Waals surface area contributed by atoms with Crippen LogP contribution >= 0.6 is 0 Å². The van der Waals surface area contributed by atoms with Crippen molar-refractivity contribution in [3.8, 4) is 0 Å². The van der Waals surface area contributed by atoms with Gasteiger partial charge in [0.05, 0.1) is 6.54 Å². The summed E-state index contributed by atoms with van der Waals surface area (Å²) < 4.78 is 0. The summed E-state index contributed by atoms with van der Waals surface area (Å²) in [7, 11) is 0. The zero-order valence-corrected chi connectivity index (χ0v) is 11.1. The number of nitrogens with zero attached hydrogens (tertiary/aromatic N) is 1. The van der Waals surface area contributed by atoms with E-state index < -0.39 is 12.0 Å². The molecule has 102 valence electrons. The molecule has 2 rings (SSSR count). The summed E-state index contributed by atoms with van der Waals surface area (Å²) in [6.45, 7) is 5.04. The highest BCUT2D eigenvalue weighted by molar-refractivity contribution is 5.86. The Labute approximate surface area is 112 Å². The Morgan fingerprint density at radius 1 is 1.42 bits per heavy atom. The lowest BCUT2D eigenvalue weighted by Crippen LogP contribution is -2.51. The summed E-state index contributed by atoms with van der Waals surface area (Å²) in [6.07, 6.45) is 0. The normalized spacial score (nSPS) is 17.4. The highest BCUT2D eigenvalue weighted by atomic mass is 16.4. The molecule has 2 N–H and O–H groups in total. The van der Waals surface area contributed by atoms with Crippen molar-refractivity contribution in [1.82, 2.24) is 10.2 Å². The molecule has 0 saturated carbocycles. The number of hydrogen-bond donors (Lipinski definition) is 2. The fraction of sp³-hybridized carbons (Fsp3) is 0.429. The number of nitrogens with one attached hydrogen (secondary N) is 1. The molecule has 0 spiro atoms. The van der Waals surface area contributed by atoms with E-state index in [0.717, 1.165) is 11.1 Å². The maximum Gasteiger partial charge on any atom is 0.331 e. The number of aryl methyl sites for hydroxylation is 2. The molecule has 1 saturated heterocycles. The maximum absolute atomic E-state index is 11.9. The van der Waals surface area contributed by atoms with Crippen LogP contribution in [-0.4, -0.2) is 41.5 Å². The van der Waals surface area contributed by atoms with Gasteiger partial charge in [-0.15, -0.1) is 0 Å². The van der Waals surface area contributed by atoms with Crippen molar-refractivity contribution >= 4 is 11.9 Å². The largest absolute Gasteiger partial charge is 0.479 e. The number of piperazine rings is 1. The van der Waals surface area contributed by atoms with E-state index in [0.29, 0.717) is 18.7 Å². The monoisotopic (exact) mass is 262 g/mol. The van der Waals surface area contributed by atoms with Gasteiger partial charge in [0.25, 0.3) is 0 Å². The molecular weight excluding hydrogens is 244 g/mol. The van der Waals surface area contributed by atoms with Crippen LogP contribution in [0.1, 0.15) is 22.7 Å². The van der Waals surface area contributed by atoms with Gasteiger partial charge in [0, 0.05) is 13.1 Å². The maximum atomic E-state index is 11.9. The Balaban J connectivity index is 2.42. The van der Waals surface area contributed by atoms with Crippen LogP contribution in [0.25, 0.3) is 0 Å². The Morgan fingerprint density at radius 3 is 2.79 bits per heavy atom. The van der Waals surface area contributed by atoms with Gasteiger partial charge in [0.15, 0.2) is 6.04 Å². The molecule has 1 amide bonds. The van der Waals surface area contributed by atoms with E-state index in [-0.39, 0.29) is 12.5 Å². The Kier molecular flexibility index (Phi) is 3.85. The molecule has 5 heteroatoms. The second-order valence-corrected chi connectivity index (χ2v) is 4.86. The van der Waals surface area contributed by atoms with Crippen molar-refractivity contribution < 1.29 is 14.7 Å². The first-order chi connectivity index (χ1) is 9.00. The van der Waals surface area contributed by atoms with Crippen molar-refractivity contribution in [2.75, 3.05) is 19.6 Å². The molecule has 0 aliphatic carbocycles. The van der Waals surface area contributed by atoms with Crippen molar-refractivity contribution in [2.24, 2.45) is 0 Å². The molecule has 1 aliphatic rings. The molecule has 1 aliphatic heterocycles. The first-order valence-corrected chi connectivity index (χ1v) is 6.31. The third-order valence-corrected chi connectivity index (χ3v) is 3.40. The summed E-state index contributed by atoms with van der Waals surface area (Å²) >= 11 is 0. The molecule has 0 aromatic heterocycles. The molecule has 1 fully saturated rings. The summed E-state index contributed by atoms with van der Waals surface area (Å²) in [5.41, 5.74) is 2.58. The number of rotatable bonds is 3. The first kappa shape index (κ1) is 13.5. The van der Waals surface area contributed by atoms with E-state index >= 15 is 0 Å². The molecule has 19 heavy (non-hydrogen) atoms. The Morgan fingerprint density at radius 2 is 2.16 bits per heavy atom. The van der Waals surface area contributed by atoms with Crippen LogP contribution in [0.3, 0.4) is 0 Å². The third kappa shape index (κ3) is 2.76. The smallest absolute Gasteiger partial charge is 0.331 e. The van der Waals surface area contributed by atoms with Crippen LogP contribution in [0.15, 0.2) is 18.2 Å². The minimum Gasteiger partial charge on any atom is -0.479 e. The summed E-state index contributed by atoms with van der Waals surface area (Å²) in [5, 5.41) is 12.4. The second-order valence-electron chi connectivity index (χ2n) is 4.86. The van der Waals surface area contributed by atoms with Gasteiger partial charge in [-0.1, -0.05) is 23.8 Å². The Bertz CT molecular complexity index is 513. The van der Waals surface area contributed by atoms with Crippen molar-refractivity contribution in [1.29, 1.82) is 0 Å². The number of benzene rings is 1. The van der Waals surface area contributed by atoms with E-state index in [1.54, 1.807) is 0 Å². The number of carboxylic acid groups (broad SMARTS) is 1. The quantitative estimate of drug-likeness (QED) is 0.847. The zero-order valence-electron chi connectivity index (χ0n) is 11.1. The molecule has 5 nitrogen and oxygen atoms in total. The van der Waals surface area contributed by atoms with Gasteiger partial charge < -0.3 is 15.3 Å². The van der Waals surface area contributed by atoms with Gasteiger partial charge in [-0.25, -0.2) is 4.79 Å². The molecule has 1 unspecified atom stereocenters. The van der Waals surface area contributed by atoms with E-state index in [2.05, 4.69) is 5.32 Å². The molecule has 1 aromatic carbocycles. The molecule has 0 bridgehead atoms. The highest BCUT2D eigenvalue weighted by Crippen LogP contribution is 2.26. The van der Waals surface area contributed by atoms with Gasteiger partial charge in [0.2, 0.25) is 5.91 Å². The average molecular weight is 262 g/mol. The number of hydrogen-bond acceptors (Lipinski definition) is 3. The van der Waals surface area contributed by atoms with Crippen LogP contribution in [0.2, 0.25) is 0 Å². The molecule has 1 aromatic rings. The van der Waals surface area contributed by atoms with Gasteiger partial charge in [0.1, 0.15) is 0 Å². The number of aliphatic carboxylic acids is 1. The molecule has 0 radical (unpaired) electrons. The van der Waals surface area contributed by atoms with E-state index in [9.17, 15) is 14.7 Å². The van der Waals surface area contributed by atoms with Crippen LogP contribution in [-0.2, 0) is 9.59 Å². The second kappa shape index (κ2) is 5.40. The topological polar surface area (TPSA) is 69.6 Å². The van der Waals surface area contributed by atoms with Gasteiger partial charge in [-0.3, -0.25) is 4.79 Å². The number of amides is 1. The van der Waals surface area contributed by atoms with Crippen LogP contribution in [0, 0.1) is 13.8 Å². The van der Waals surface area contributed by atoms with Gasteiger partial charge in [-0.2, -0.15) is 0 Å². The standard InChI is InChI=1S/C14H18N2O3/c1-9-3-4-10(2)11(7-9)13(14(18)19)16-6-5-15-8-12(16)17/h3-4,7,13,15H,5-6,8H2,1-2H3,(H,18,19). The fourth-order valence-corrected chi connectivity index (χ4v) is 2.38. The number of carbonyl (C=O) groups excluding carboxylic acids is 1. The van der Waals surface area contributed by atoms with Crippen LogP contribution < -0.4 is 5.32 Å². The lowest BCUT2D eigenvalue weighted by molar-refractivity contribution is -0.151. The van der Waals surface area contributed by atoms with Crippen molar-refractivity contribution in [2.45, 2.75) is 19.9 Å². The number of carboxylic acids is 1. The minimum atomic E-state index is -0.982.